The Labute approximate surface area is 127 Å². The number of hydrogen-bond donors (Lipinski definition) is 2. The van der Waals surface area contributed by atoms with Crippen molar-refractivity contribution in [3.8, 4) is 5.75 Å². The van der Waals surface area contributed by atoms with Crippen LogP contribution in [0.15, 0.2) is 18.2 Å². The van der Waals surface area contributed by atoms with Crippen LogP contribution in [0.3, 0.4) is 0 Å². The van der Waals surface area contributed by atoms with Crippen LogP contribution >= 0.6 is 11.8 Å². The largest absolute Gasteiger partial charge is 0.496 e. The van der Waals surface area contributed by atoms with Crippen molar-refractivity contribution >= 4 is 29.4 Å². The molecule has 1 aromatic rings. The summed E-state index contributed by atoms with van der Waals surface area (Å²) in [7, 11) is 3.17. The lowest BCUT2D eigenvalue weighted by Crippen LogP contribution is -2.39. The van der Waals surface area contributed by atoms with E-state index in [-0.39, 0.29) is 23.4 Å². The molecule has 0 spiro atoms. The zero-order chi connectivity index (χ0) is 15.4. The molecular formula is C14H18N2O4S. The van der Waals surface area contributed by atoms with Crippen molar-refractivity contribution in [2.24, 2.45) is 0 Å². The van der Waals surface area contributed by atoms with E-state index in [1.165, 1.54) is 19.2 Å². The van der Waals surface area contributed by atoms with E-state index in [0.29, 0.717) is 5.69 Å². The smallest absolute Gasteiger partial charge is 0.339 e. The van der Waals surface area contributed by atoms with Gasteiger partial charge in [-0.3, -0.25) is 0 Å². The molecule has 1 heterocycles. The van der Waals surface area contributed by atoms with E-state index in [2.05, 4.69) is 5.32 Å². The first-order valence-electron chi connectivity index (χ1n) is 6.56. The van der Waals surface area contributed by atoms with Crippen LogP contribution in [0.2, 0.25) is 0 Å². The van der Waals surface area contributed by atoms with Gasteiger partial charge >= 0.3 is 12.0 Å². The second-order valence-electron chi connectivity index (χ2n) is 4.78. The van der Waals surface area contributed by atoms with Gasteiger partial charge in [0.1, 0.15) is 11.3 Å². The average Bonchev–Trinajstić information content (AvgIpc) is 3.00. The Balaban J connectivity index is 2.08. The number of carbonyl (C=O) groups is 2. The van der Waals surface area contributed by atoms with E-state index in [9.17, 15) is 9.59 Å². The summed E-state index contributed by atoms with van der Waals surface area (Å²) < 4.78 is 5.04. The van der Waals surface area contributed by atoms with E-state index in [0.717, 1.165) is 17.9 Å². The van der Waals surface area contributed by atoms with Gasteiger partial charge in [-0.15, -0.1) is 0 Å². The fourth-order valence-electron chi connectivity index (χ4n) is 2.15. The van der Waals surface area contributed by atoms with Crippen LogP contribution in [-0.4, -0.2) is 53.7 Å². The SMILES string of the molecule is COc1cc(NC(=O)N(C)C2CCSC2)ccc1C(=O)O. The van der Waals surface area contributed by atoms with Gasteiger partial charge < -0.3 is 20.1 Å². The van der Waals surface area contributed by atoms with Crippen molar-refractivity contribution < 1.29 is 19.4 Å². The minimum atomic E-state index is -1.06. The van der Waals surface area contributed by atoms with Gasteiger partial charge in [0, 0.05) is 30.6 Å². The number of hydrogen-bond acceptors (Lipinski definition) is 4. The van der Waals surface area contributed by atoms with E-state index in [1.807, 2.05) is 11.8 Å². The first-order chi connectivity index (χ1) is 10.0. The molecule has 2 rings (SSSR count). The fraction of sp³-hybridized carbons (Fsp3) is 0.429. The molecule has 114 valence electrons. The number of carboxylic acids is 1. The molecule has 0 aliphatic carbocycles. The zero-order valence-electron chi connectivity index (χ0n) is 12.0. The maximum absolute atomic E-state index is 12.2. The predicted molar refractivity (Wildman–Crippen MR) is 82.5 cm³/mol. The van der Waals surface area contributed by atoms with E-state index in [1.54, 1.807) is 18.0 Å². The van der Waals surface area contributed by atoms with Gasteiger partial charge in [0.15, 0.2) is 0 Å². The normalized spacial score (nSPS) is 17.3. The number of ether oxygens (including phenoxy) is 1. The quantitative estimate of drug-likeness (QED) is 0.892. The first kappa shape index (κ1) is 15.5. The Bertz CT molecular complexity index is 544. The Morgan fingerprint density at radius 3 is 2.81 bits per heavy atom. The molecule has 0 bridgehead atoms. The molecule has 1 unspecified atom stereocenters. The molecule has 21 heavy (non-hydrogen) atoms. The van der Waals surface area contributed by atoms with Crippen LogP contribution < -0.4 is 10.1 Å². The number of amides is 2. The number of methoxy groups -OCH3 is 1. The summed E-state index contributed by atoms with van der Waals surface area (Å²) in [5, 5.41) is 11.8. The number of thioether (sulfide) groups is 1. The van der Waals surface area contributed by atoms with Gasteiger partial charge in [0.05, 0.1) is 7.11 Å². The van der Waals surface area contributed by atoms with Crippen molar-refractivity contribution in [3.63, 3.8) is 0 Å². The molecule has 1 fully saturated rings. The Hall–Kier alpha value is -1.89. The number of rotatable bonds is 4. The van der Waals surface area contributed by atoms with Gasteiger partial charge in [-0.25, -0.2) is 9.59 Å². The van der Waals surface area contributed by atoms with Crippen molar-refractivity contribution in [2.45, 2.75) is 12.5 Å². The van der Waals surface area contributed by atoms with Crippen LogP contribution in [0.4, 0.5) is 10.5 Å². The van der Waals surface area contributed by atoms with Crippen LogP contribution in [-0.2, 0) is 0 Å². The Kier molecular flexibility index (Phi) is 4.95. The highest BCUT2D eigenvalue weighted by Gasteiger charge is 2.24. The standard InChI is InChI=1S/C14H18N2O4S/c1-16(10-5-6-21-8-10)14(19)15-9-3-4-11(13(17)18)12(7-9)20-2/h3-4,7,10H,5-6,8H2,1-2H3,(H,15,19)(H,17,18). The lowest BCUT2D eigenvalue weighted by Gasteiger charge is -2.24. The Morgan fingerprint density at radius 1 is 1.48 bits per heavy atom. The third-order valence-electron chi connectivity index (χ3n) is 3.46. The van der Waals surface area contributed by atoms with Crippen LogP contribution in [0.1, 0.15) is 16.8 Å². The average molecular weight is 310 g/mol. The molecule has 0 radical (unpaired) electrons. The highest BCUT2D eigenvalue weighted by atomic mass is 32.2. The highest BCUT2D eigenvalue weighted by molar-refractivity contribution is 7.99. The second kappa shape index (κ2) is 6.71. The van der Waals surface area contributed by atoms with Crippen LogP contribution in [0, 0.1) is 0 Å². The maximum atomic E-state index is 12.2. The summed E-state index contributed by atoms with van der Waals surface area (Å²) in [6.07, 6.45) is 0.996. The number of nitrogens with one attached hydrogen (secondary N) is 1. The number of anilines is 1. The van der Waals surface area contributed by atoms with Crippen LogP contribution in [0.5, 0.6) is 5.75 Å². The minimum absolute atomic E-state index is 0.0658. The monoisotopic (exact) mass is 310 g/mol. The predicted octanol–water partition coefficient (Wildman–Crippen LogP) is 2.36. The number of carbonyl (C=O) groups excluding carboxylic acids is 1. The third-order valence-corrected chi connectivity index (χ3v) is 4.60. The Morgan fingerprint density at radius 2 is 2.24 bits per heavy atom. The van der Waals surface area contributed by atoms with Gasteiger partial charge in [-0.1, -0.05) is 0 Å². The lowest BCUT2D eigenvalue weighted by atomic mass is 10.2. The molecule has 2 N–H and O–H groups in total. The van der Waals surface area contributed by atoms with E-state index >= 15 is 0 Å². The number of carboxylic acid groups (broad SMARTS) is 1. The number of nitrogens with zero attached hydrogens (tertiary/aromatic N) is 1. The molecule has 0 saturated carbocycles. The van der Waals surface area contributed by atoms with Crippen molar-refractivity contribution in [1.82, 2.24) is 4.90 Å². The van der Waals surface area contributed by atoms with Crippen LogP contribution in [0.25, 0.3) is 0 Å². The van der Waals surface area contributed by atoms with Gasteiger partial charge in [0.2, 0.25) is 0 Å². The minimum Gasteiger partial charge on any atom is -0.496 e. The molecule has 1 atom stereocenters. The van der Waals surface area contributed by atoms with Gasteiger partial charge in [0.25, 0.3) is 0 Å². The number of urea groups is 1. The lowest BCUT2D eigenvalue weighted by molar-refractivity contribution is 0.0693. The molecule has 0 aromatic heterocycles. The summed E-state index contributed by atoms with van der Waals surface area (Å²) in [6, 6.07) is 4.53. The topological polar surface area (TPSA) is 78.9 Å². The number of aromatic carboxylic acids is 1. The molecule has 7 heteroatoms. The molecule has 1 aliphatic rings. The second-order valence-corrected chi connectivity index (χ2v) is 5.93. The molecular weight excluding hydrogens is 292 g/mol. The first-order valence-corrected chi connectivity index (χ1v) is 7.71. The fourth-order valence-corrected chi connectivity index (χ4v) is 3.42. The number of benzene rings is 1. The molecule has 2 amide bonds. The molecule has 1 aliphatic heterocycles. The van der Waals surface area contributed by atoms with Gasteiger partial charge in [-0.2, -0.15) is 11.8 Å². The summed E-state index contributed by atoms with van der Waals surface area (Å²) in [4.78, 5) is 24.9. The summed E-state index contributed by atoms with van der Waals surface area (Å²) >= 11 is 1.84. The zero-order valence-corrected chi connectivity index (χ0v) is 12.8. The van der Waals surface area contributed by atoms with E-state index < -0.39 is 5.97 Å². The van der Waals surface area contributed by atoms with Gasteiger partial charge in [-0.05, 0) is 24.3 Å². The summed E-state index contributed by atoms with van der Waals surface area (Å²) in [5.74, 6) is 1.18. The van der Waals surface area contributed by atoms with E-state index in [4.69, 9.17) is 9.84 Å². The molecule has 6 nitrogen and oxygen atoms in total. The maximum Gasteiger partial charge on any atom is 0.339 e. The van der Waals surface area contributed by atoms with Crippen molar-refractivity contribution in [3.05, 3.63) is 23.8 Å². The summed E-state index contributed by atoms with van der Waals surface area (Å²) in [6.45, 7) is 0. The highest BCUT2D eigenvalue weighted by Crippen LogP contribution is 2.25. The van der Waals surface area contributed by atoms with Crippen molar-refractivity contribution in [1.29, 1.82) is 0 Å². The summed E-state index contributed by atoms with van der Waals surface area (Å²) in [5.41, 5.74) is 0.579. The molecule has 1 saturated heterocycles. The third kappa shape index (κ3) is 3.60. The molecule has 1 aromatic carbocycles. The van der Waals surface area contributed by atoms with Crippen molar-refractivity contribution in [2.75, 3.05) is 31.0 Å².